The van der Waals surface area contributed by atoms with Crippen molar-refractivity contribution < 1.29 is 32.0 Å². The zero-order valence-corrected chi connectivity index (χ0v) is 19.3. The maximum absolute atomic E-state index is 13.2. The smallest absolute Gasteiger partial charge is 0.417 e. The number of alkyl halides is 3. The molecule has 0 aliphatic carbocycles. The number of rotatable bonds is 5. The van der Waals surface area contributed by atoms with Gasteiger partial charge in [0, 0.05) is 26.3 Å². The van der Waals surface area contributed by atoms with Gasteiger partial charge in [-0.2, -0.15) is 18.2 Å². The molecule has 2 aromatic heterocycles. The quantitative estimate of drug-likeness (QED) is 0.509. The van der Waals surface area contributed by atoms with E-state index in [9.17, 15) is 27.6 Å². The van der Waals surface area contributed by atoms with Crippen LogP contribution in [0.4, 0.5) is 19.0 Å². The minimum absolute atomic E-state index is 0.0202. The number of benzene rings is 1. The number of imide groups is 1. The maximum Gasteiger partial charge on any atom is 0.417 e. The fourth-order valence-electron chi connectivity index (χ4n) is 4.52. The molecule has 13 heteroatoms. The highest BCUT2D eigenvalue weighted by atomic mass is 35.5. The first-order chi connectivity index (χ1) is 17.1. The SMILES string of the molecule is CN1O[C@@H]2C(=O)N(CCNc3ncc(C(F)(F)F)cc3Cl)C(=O)[C@@H]2[C@H]1c1coc2ccccc2c1=O. The summed E-state index contributed by atoms with van der Waals surface area (Å²) in [5, 5.41) is 4.13. The highest BCUT2D eigenvalue weighted by Gasteiger charge is 2.59. The van der Waals surface area contributed by atoms with Crippen molar-refractivity contribution in [3.8, 4) is 0 Å². The van der Waals surface area contributed by atoms with Gasteiger partial charge in [-0.3, -0.25) is 24.1 Å². The Morgan fingerprint density at radius 3 is 2.64 bits per heavy atom. The zero-order valence-electron chi connectivity index (χ0n) is 18.6. The number of amides is 2. The number of carbonyl (C=O) groups excluding carboxylic acids is 2. The summed E-state index contributed by atoms with van der Waals surface area (Å²) in [7, 11) is 1.53. The van der Waals surface area contributed by atoms with Crippen LogP contribution in [-0.2, 0) is 20.6 Å². The summed E-state index contributed by atoms with van der Waals surface area (Å²) >= 11 is 5.89. The van der Waals surface area contributed by atoms with Gasteiger partial charge in [0.15, 0.2) is 11.5 Å². The lowest BCUT2D eigenvalue weighted by Crippen LogP contribution is -2.39. The summed E-state index contributed by atoms with van der Waals surface area (Å²) < 4.78 is 44.0. The third-order valence-corrected chi connectivity index (χ3v) is 6.51. The topological polar surface area (TPSA) is 105 Å². The predicted octanol–water partition coefficient (Wildman–Crippen LogP) is 3.24. The van der Waals surface area contributed by atoms with E-state index in [1.54, 1.807) is 24.3 Å². The van der Waals surface area contributed by atoms with Gasteiger partial charge in [-0.25, -0.2) is 4.98 Å². The van der Waals surface area contributed by atoms with Crippen LogP contribution in [0.2, 0.25) is 5.02 Å². The van der Waals surface area contributed by atoms with Gasteiger partial charge in [-0.15, -0.1) is 0 Å². The number of halogens is 4. The molecule has 36 heavy (non-hydrogen) atoms. The van der Waals surface area contributed by atoms with Crippen molar-refractivity contribution in [3.05, 3.63) is 69.2 Å². The first kappa shape index (κ1) is 24.2. The van der Waals surface area contributed by atoms with Gasteiger partial charge >= 0.3 is 6.18 Å². The summed E-state index contributed by atoms with van der Waals surface area (Å²) in [6, 6.07) is 6.56. The normalized spacial score (nSPS) is 22.5. The zero-order chi connectivity index (χ0) is 25.8. The number of anilines is 1. The van der Waals surface area contributed by atoms with Gasteiger partial charge in [0.25, 0.3) is 5.91 Å². The van der Waals surface area contributed by atoms with E-state index in [-0.39, 0.29) is 34.9 Å². The second-order valence-electron chi connectivity index (χ2n) is 8.37. The minimum Gasteiger partial charge on any atom is -0.464 e. The van der Waals surface area contributed by atoms with Crippen LogP contribution in [0, 0.1) is 5.92 Å². The van der Waals surface area contributed by atoms with Crippen LogP contribution in [0.5, 0.6) is 0 Å². The number of aromatic nitrogens is 1. The fraction of sp³-hybridized carbons (Fsp3) is 0.304. The lowest BCUT2D eigenvalue weighted by atomic mass is 9.91. The number of nitrogens with zero attached hydrogens (tertiary/aromatic N) is 3. The summed E-state index contributed by atoms with van der Waals surface area (Å²) in [6.07, 6.45) is -3.80. The lowest BCUT2D eigenvalue weighted by Gasteiger charge is -2.23. The van der Waals surface area contributed by atoms with Gasteiger partial charge in [-0.1, -0.05) is 23.7 Å². The molecule has 1 N–H and O–H groups in total. The summed E-state index contributed by atoms with van der Waals surface area (Å²) in [6.45, 7) is -0.135. The maximum atomic E-state index is 13.2. The van der Waals surface area contributed by atoms with Crippen LogP contribution in [0.15, 0.2) is 52.0 Å². The van der Waals surface area contributed by atoms with Crippen molar-refractivity contribution in [1.82, 2.24) is 14.9 Å². The van der Waals surface area contributed by atoms with Crippen LogP contribution < -0.4 is 10.7 Å². The second kappa shape index (κ2) is 8.87. The van der Waals surface area contributed by atoms with Crippen LogP contribution in [-0.4, -0.2) is 53.0 Å². The molecule has 9 nitrogen and oxygen atoms in total. The summed E-state index contributed by atoms with van der Waals surface area (Å²) in [5.41, 5.74) is -0.755. The molecule has 3 atom stereocenters. The summed E-state index contributed by atoms with van der Waals surface area (Å²) in [4.78, 5) is 49.6. The molecule has 2 saturated heterocycles. The van der Waals surface area contributed by atoms with E-state index >= 15 is 0 Å². The lowest BCUT2D eigenvalue weighted by molar-refractivity contribution is -0.169. The molecular weight excluding hydrogens is 505 g/mol. The third-order valence-electron chi connectivity index (χ3n) is 6.22. The molecular formula is C23H18ClF3N4O5. The molecule has 2 fully saturated rings. The Morgan fingerprint density at radius 1 is 1.17 bits per heavy atom. The van der Waals surface area contributed by atoms with Crippen LogP contribution in [0.25, 0.3) is 11.0 Å². The van der Waals surface area contributed by atoms with E-state index in [1.807, 2.05) is 0 Å². The molecule has 2 amide bonds. The highest BCUT2D eigenvalue weighted by Crippen LogP contribution is 2.43. The number of pyridine rings is 1. The number of nitrogens with one attached hydrogen (secondary N) is 1. The standard InChI is InChI=1S/C23H18ClF3N4O5/c1-30-17(13-10-35-15-5-3-2-4-12(15)18(13)32)16-19(36-30)22(34)31(21(16)33)7-6-28-20-14(24)8-11(9-29-20)23(25,26)27/h2-5,8-10,16-17,19H,6-7H2,1H3,(H,28,29)/t16-,17-,19+/m1/s1. The predicted molar refractivity (Wildman–Crippen MR) is 121 cm³/mol. The third kappa shape index (κ3) is 4.00. The van der Waals surface area contributed by atoms with Crippen molar-refractivity contribution in [3.63, 3.8) is 0 Å². The van der Waals surface area contributed by atoms with Crippen LogP contribution >= 0.6 is 11.6 Å². The average molecular weight is 523 g/mol. The van der Waals surface area contributed by atoms with Crippen molar-refractivity contribution in [2.24, 2.45) is 5.92 Å². The molecule has 0 saturated carbocycles. The van der Waals surface area contributed by atoms with Gasteiger partial charge in [-0.05, 0) is 18.2 Å². The Kier molecular flexibility index (Phi) is 5.97. The molecule has 0 spiro atoms. The van der Waals surface area contributed by atoms with Crippen molar-refractivity contribution in [2.45, 2.75) is 18.3 Å². The molecule has 0 bridgehead atoms. The summed E-state index contributed by atoms with van der Waals surface area (Å²) in [5.74, 6) is -2.12. The van der Waals surface area contributed by atoms with Gasteiger partial charge in [0.05, 0.1) is 39.8 Å². The van der Waals surface area contributed by atoms with Gasteiger partial charge in [0.1, 0.15) is 11.4 Å². The molecule has 2 aliphatic rings. The van der Waals surface area contributed by atoms with E-state index in [0.717, 1.165) is 11.0 Å². The number of fused-ring (bicyclic) bond motifs is 2. The largest absolute Gasteiger partial charge is 0.464 e. The van der Waals surface area contributed by atoms with Gasteiger partial charge < -0.3 is 9.73 Å². The molecule has 188 valence electrons. The Bertz CT molecular complexity index is 1430. The van der Waals surface area contributed by atoms with E-state index in [2.05, 4.69) is 10.3 Å². The number of para-hydroxylation sites is 1. The Hall–Kier alpha value is -3.48. The molecule has 3 aromatic rings. The molecule has 2 aliphatic heterocycles. The minimum atomic E-state index is -4.59. The number of hydrogen-bond acceptors (Lipinski definition) is 8. The Balaban J connectivity index is 1.33. The van der Waals surface area contributed by atoms with E-state index in [1.165, 1.54) is 18.4 Å². The fourth-order valence-corrected chi connectivity index (χ4v) is 4.76. The highest BCUT2D eigenvalue weighted by molar-refractivity contribution is 6.33. The van der Waals surface area contributed by atoms with E-state index in [4.69, 9.17) is 20.9 Å². The van der Waals surface area contributed by atoms with Crippen molar-refractivity contribution >= 4 is 40.2 Å². The molecule has 5 rings (SSSR count). The first-order valence-corrected chi connectivity index (χ1v) is 11.2. The van der Waals surface area contributed by atoms with Crippen LogP contribution in [0.1, 0.15) is 17.2 Å². The first-order valence-electron chi connectivity index (χ1n) is 10.8. The monoisotopic (exact) mass is 522 g/mol. The molecule has 4 heterocycles. The van der Waals surface area contributed by atoms with Crippen molar-refractivity contribution in [2.75, 3.05) is 25.5 Å². The number of hydroxylamine groups is 2. The molecule has 0 radical (unpaired) electrons. The number of likely N-dealkylation sites (tertiary alicyclic amines) is 1. The second-order valence-corrected chi connectivity index (χ2v) is 8.77. The number of hydrogen-bond donors (Lipinski definition) is 1. The average Bonchev–Trinajstić information content (AvgIpc) is 3.28. The Morgan fingerprint density at radius 2 is 1.92 bits per heavy atom. The van der Waals surface area contributed by atoms with Crippen LogP contribution in [0.3, 0.4) is 0 Å². The van der Waals surface area contributed by atoms with Gasteiger partial charge in [0.2, 0.25) is 5.91 Å². The molecule has 1 aromatic carbocycles. The number of carbonyl (C=O) groups is 2. The van der Waals surface area contributed by atoms with E-state index in [0.29, 0.717) is 17.2 Å². The Labute approximate surface area is 206 Å². The molecule has 0 unspecified atom stereocenters. The van der Waals surface area contributed by atoms with E-state index < -0.39 is 41.6 Å². The van der Waals surface area contributed by atoms with Crippen molar-refractivity contribution in [1.29, 1.82) is 0 Å².